The van der Waals surface area contributed by atoms with E-state index in [1.807, 2.05) is 18.2 Å². The molecule has 0 saturated heterocycles. The third-order valence-corrected chi connectivity index (χ3v) is 4.59. The Morgan fingerprint density at radius 3 is 2.43 bits per heavy atom. The third-order valence-electron chi connectivity index (χ3n) is 4.59. The highest BCUT2D eigenvalue weighted by Crippen LogP contribution is 2.39. The van der Waals surface area contributed by atoms with Crippen LogP contribution < -0.4 is 4.74 Å². The van der Waals surface area contributed by atoms with Crippen molar-refractivity contribution in [3.8, 4) is 16.9 Å². The monoisotopic (exact) mass is 302 g/mol. The summed E-state index contributed by atoms with van der Waals surface area (Å²) in [4.78, 5) is 0. The van der Waals surface area contributed by atoms with Gasteiger partial charge in [-0.15, -0.1) is 0 Å². The molecule has 2 nitrogen and oxygen atoms in total. The molecule has 1 heterocycles. The second kappa shape index (κ2) is 5.17. The van der Waals surface area contributed by atoms with Crippen LogP contribution in [0.25, 0.3) is 33.1 Å². The van der Waals surface area contributed by atoms with Gasteiger partial charge in [0.05, 0.1) is 7.11 Å². The molecule has 0 aliphatic rings. The fourth-order valence-corrected chi connectivity index (χ4v) is 3.17. The zero-order chi connectivity index (χ0) is 16.0. The van der Waals surface area contributed by atoms with Crippen LogP contribution in [0.1, 0.15) is 11.1 Å². The van der Waals surface area contributed by atoms with Crippen LogP contribution in [0.15, 0.2) is 59.0 Å². The zero-order valence-electron chi connectivity index (χ0n) is 13.5. The number of benzene rings is 3. The molecule has 2 heteroatoms. The molecule has 3 aromatic carbocycles. The van der Waals surface area contributed by atoms with Crippen molar-refractivity contribution in [1.29, 1.82) is 0 Å². The van der Waals surface area contributed by atoms with E-state index in [-0.39, 0.29) is 0 Å². The summed E-state index contributed by atoms with van der Waals surface area (Å²) in [6.07, 6.45) is 0. The largest absolute Gasteiger partial charge is 0.496 e. The summed E-state index contributed by atoms with van der Waals surface area (Å²) >= 11 is 0. The van der Waals surface area contributed by atoms with Gasteiger partial charge in [-0.2, -0.15) is 0 Å². The zero-order valence-corrected chi connectivity index (χ0v) is 13.5. The van der Waals surface area contributed by atoms with Crippen molar-refractivity contribution in [2.45, 2.75) is 13.8 Å². The fraction of sp³-hybridized carbons (Fsp3) is 0.143. The van der Waals surface area contributed by atoms with E-state index in [0.29, 0.717) is 0 Å². The average Bonchev–Trinajstić information content (AvgIpc) is 2.93. The van der Waals surface area contributed by atoms with E-state index in [0.717, 1.165) is 33.3 Å². The lowest BCUT2D eigenvalue weighted by Gasteiger charge is -2.13. The Hall–Kier alpha value is -2.74. The lowest BCUT2D eigenvalue weighted by atomic mass is 9.95. The molecule has 0 aliphatic heterocycles. The first-order valence-electron chi connectivity index (χ1n) is 7.75. The van der Waals surface area contributed by atoms with Crippen LogP contribution in [0.3, 0.4) is 0 Å². The lowest BCUT2D eigenvalue weighted by molar-refractivity contribution is 0.417. The maximum Gasteiger partial charge on any atom is 0.136 e. The van der Waals surface area contributed by atoms with Gasteiger partial charge in [-0.3, -0.25) is 0 Å². The number of furan rings is 1. The van der Waals surface area contributed by atoms with Gasteiger partial charge in [0.25, 0.3) is 0 Å². The number of hydrogen-bond donors (Lipinski definition) is 0. The Bertz CT molecular complexity index is 1020. The van der Waals surface area contributed by atoms with E-state index in [4.69, 9.17) is 9.15 Å². The normalized spacial score (nSPS) is 11.3. The number of aryl methyl sites for hydroxylation is 1. The Morgan fingerprint density at radius 1 is 0.783 bits per heavy atom. The van der Waals surface area contributed by atoms with E-state index in [1.54, 1.807) is 7.11 Å². The second-order valence-electron chi connectivity index (χ2n) is 5.89. The first-order valence-corrected chi connectivity index (χ1v) is 7.75. The third kappa shape index (κ3) is 2.10. The Balaban J connectivity index is 2.06. The van der Waals surface area contributed by atoms with Crippen LogP contribution in [-0.4, -0.2) is 7.11 Å². The van der Waals surface area contributed by atoms with Gasteiger partial charge < -0.3 is 9.15 Å². The predicted octanol–water partition coefficient (Wildman–Crippen LogP) is 5.88. The maximum absolute atomic E-state index is 6.03. The van der Waals surface area contributed by atoms with Crippen LogP contribution in [0.5, 0.6) is 5.75 Å². The predicted molar refractivity (Wildman–Crippen MR) is 95.2 cm³/mol. The first-order chi connectivity index (χ1) is 11.2. The number of ether oxygens (including phenoxy) is 1. The summed E-state index contributed by atoms with van der Waals surface area (Å²) in [5.41, 5.74) is 6.59. The van der Waals surface area contributed by atoms with Gasteiger partial charge in [0, 0.05) is 16.3 Å². The van der Waals surface area contributed by atoms with Gasteiger partial charge in [0.15, 0.2) is 0 Å². The molecule has 0 N–H and O–H groups in total. The molecule has 0 fully saturated rings. The van der Waals surface area contributed by atoms with Crippen LogP contribution in [0, 0.1) is 13.8 Å². The maximum atomic E-state index is 6.03. The van der Waals surface area contributed by atoms with Gasteiger partial charge in [-0.25, -0.2) is 0 Å². The molecule has 0 unspecified atom stereocenters. The molecule has 0 saturated carbocycles. The first kappa shape index (κ1) is 13.9. The lowest BCUT2D eigenvalue weighted by Crippen LogP contribution is -1.91. The van der Waals surface area contributed by atoms with Crippen LogP contribution in [0.2, 0.25) is 0 Å². The average molecular weight is 302 g/mol. The van der Waals surface area contributed by atoms with Crippen molar-refractivity contribution in [3.63, 3.8) is 0 Å². The van der Waals surface area contributed by atoms with Gasteiger partial charge in [0.2, 0.25) is 0 Å². The van der Waals surface area contributed by atoms with Crippen molar-refractivity contribution in [1.82, 2.24) is 0 Å². The van der Waals surface area contributed by atoms with Gasteiger partial charge in [-0.05, 0) is 48.7 Å². The SMILES string of the molecule is COc1cc2c(cc1-c1cccc(C)c1C)oc1ccccc12. The molecule has 0 radical (unpaired) electrons. The van der Waals surface area contributed by atoms with Crippen molar-refractivity contribution >= 4 is 21.9 Å². The summed E-state index contributed by atoms with van der Waals surface area (Å²) in [5, 5.41) is 2.21. The highest BCUT2D eigenvalue weighted by atomic mass is 16.5. The van der Waals surface area contributed by atoms with E-state index >= 15 is 0 Å². The van der Waals surface area contributed by atoms with E-state index in [2.05, 4.69) is 50.2 Å². The molecule has 0 amide bonds. The summed E-state index contributed by atoms with van der Waals surface area (Å²) < 4.78 is 11.7. The van der Waals surface area contributed by atoms with Gasteiger partial charge in [0.1, 0.15) is 16.9 Å². The number of para-hydroxylation sites is 1. The van der Waals surface area contributed by atoms with Crippen LogP contribution >= 0.6 is 0 Å². The van der Waals surface area contributed by atoms with Crippen LogP contribution in [-0.2, 0) is 0 Å². The van der Waals surface area contributed by atoms with E-state index in [9.17, 15) is 0 Å². The van der Waals surface area contributed by atoms with E-state index < -0.39 is 0 Å². The molecule has 4 rings (SSSR count). The number of methoxy groups -OCH3 is 1. The van der Waals surface area contributed by atoms with Crippen molar-refractivity contribution in [2.24, 2.45) is 0 Å². The Labute approximate surface area is 135 Å². The minimum absolute atomic E-state index is 0.873. The fourth-order valence-electron chi connectivity index (χ4n) is 3.17. The number of hydrogen-bond acceptors (Lipinski definition) is 2. The van der Waals surface area contributed by atoms with Crippen LogP contribution in [0.4, 0.5) is 0 Å². The highest BCUT2D eigenvalue weighted by molar-refractivity contribution is 6.07. The Kier molecular flexibility index (Phi) is 3.12. The molecule has 4 aromatic rings. The molecule has 0 bridgehead atoms. The van der Waals surface area contributed by atoms with Gasteiger partial charge in [-0.1, -0.05) is 36.4 Å². The summed E-state index contributed by atoms with van der Waals surface area (Å²) in [7, 11) is 1.72. The molecule has 114 valence electrons. The molecule has 0 spiro atoms. The number of fused-ring (bicyclic) bond motifs is 3. The quantitative estimate of drug-likeness (QED) is 0.461. The number of rotatable bonds is 2. The highest BCUT2D eigenvalue weighted by Gasteiger charge is 2.15. The topological polar surface area (TPSA) is 22.4 Å². The molecular formula is C21H18O2. The molecule has 23 heavy (non-hydrogen) atoms. The minimum atomic E-state index is 0.873. The second-order valence-corrected chi connectivity index (χ2v) is 5.89. The van der Waals surface area contributed by atoms with Crippen molar-refractivity contribution in [3.05, 3.63) is 65.7 Å². The smallest absolute Gasteiger partial charge is 0.136 e. The molecule has 1 aromatic heterocycles. The molecule has 0 atom stereocenters. The summed E-state index contributed by atoms with van der Waals surface area (Å²) in [6.45, 7) is 4.28. The van der Waals surface area contributed by atoms with Crippen molar-refractivity contribution in [2.75, 3.05) is 7.11 Å². The summed E-state index contributed by atoms with van der Waals surface area (Å²) in [5.74, 6) is 0.873. The minimum Gasteiger partial charge on any atom is -0.496 e. The van der Waals surface area contributed by atoms with Gasteiger partial charge >= 0.3 is 0 Å². The Morgan fingerprint density at radius 2 is 1.61 bits per heavy atom. The molecular weight excluding hydrogens is 284 g/mol. The van der Waals surface area contributed by atoms with E-state index in [1.165, 1.54) is 16.7 Å². The molecule has 0 aliphatic carbocycles. The van der Waals surface area contributed by atoms with Crippen molar-refractivity contribution < 1.29 is 9.15 Å². The standard InChI is InChI=1S/C21H18O2/c1-13-7-6-9-15(14(13)2)17-12-21-18(11-20(17)22-3)16-8-4-5-10-19(16)23-21/h4-12H,1-3H3. The summed E-state index contributed by atoms with van der Waals surface area (Å²) in [6, 6.07) is 18.6.